The van der Waals surface area contributed by atoms with Gasteiger partial charge in [0.25, 0.3) is 0 Å². The molecule has 1 fully saturated rings. The van der Waals surface area contributed by atoms with E-state index in [4.69, 9.17) is 5.11 Å². The number of carboxylic acid groups (broad SMARTS) is 1. The second-order valence-electron chi connectivity index (χ2n) is 4.96. The molecule has 0 unspecified atom stereocenters. The molecule has 19 heavy (non-hydrogen) atoms. The zero-order valence-electron chi connectivity index (χ0n) is 10.8. The molecule has 0 atom stereocenters. The number of carboxylic acids is 1. The normalized spacial score (nSPS) is 15.6. The highest BCUT2D eigenvalue weighted by atomic mass is 16.4. The number of hydrogen-bond donors (Lipinski definition) is 2. The molecule has 0 aromatic carbocycles. The van der Waals surface area contributed by atoms with Crippen molar-refractivity contribution in [2.75, 3.05) is 13.6 Å². The van der Waals surface area contributed by atoms with Crippen LogP contribution in [0.3, 0.4) is 0 Å². The lowest BCUT2D eigenvalue weighted by atomic mass is 10.1. The molecular formula is C13H17N3O3. The molecule has 0 aliphatic heterocycles. The Morgan fingerprint density at radius 3 is 2.58 bits per heavy atom. The van der Waals surface area contributed by atoms with Crippen LogP contribution in [0.25, 0.3) is 0 Å². The Morgan fingerprint density at radius 2 is 2.05 bits per heavy atom. The minimum Gasteiger partial charge on any atom is -0.481 e. The van der Waals surface area contributed by atoms with E-state index in [0.717, 1.165) is 5.56 Å². The smallest absolute Gasteiger partial charge is 0.317 e. The number of hydrogen-bond acceptors (Lipinski definition) is 3. The van der Waals surface area contributed by atoms with Crippen LogP contribution >= 0.6 is 0 Å². The molecular weight excluding hydrogens is 246 g/mol. The number of rotatable bonds is 5. The van der Waals surface area contributed by atoms with E-state index >= 15 is 0 Å². The fourth-order valence-electron chi connectivity index (χ4n) is 1.83. The highest BCUT2D eigenvalue weighted by molar-refractivity contribution is 5.80. The van der Waals surface area contributed by atoms with E-state index in [0.29, 0.717) is 19.4 Å². The molecule has 2 amide bonds. The summed E-state index contributed by atoms with van der Waals surface area (Å²) in [6.45, 7) is 0.663. The standard InChI is InChI=1S/C13H17N3O3/c1-16(8-10-2-6-14-7-3-10)12(19)15-9-13(4-5-13)11(17)18/h2-3,6-7H,4-5,8-9H2,1H3,(H,15,19)(H,17,18). The molecule has 102 valence electrons. The number of pyridine rings is 1. The van der Waals surface area contributed by atoms with Gasteiger partial charge in [0.15, 0.2) is 0 Å². The highest BCUT2D eigenvalue weighted by Crippen LogP contribution is 2.45. The third-order valence-corrected chi connectivity index (χ3v) is 3.40. The molecule has 1 saturated carbocycles. The zero-order valence-corrected chi connectivity index (χ0v) is 10.8. The summed E-state index contributed by atoms with van der Waals surface area (Å²) in [6.07, 6.45) is 4.61. The maximum Gasteiger partial charge on any atom is 0.317 e. The Kier molecular flexibility index (Phi) is 3.69. The van der Waals surface area contributed by atoms with Gasteiger partial charge in [-0.05, 0) is 30.5 Å². The second-order valence-corrected chi connectivity index (χ2v) is 4.96. The van der Waals surface area contributed by atoms with Gasteiger partial charge in [0.05, 0.1) is 5.41 Å². The number of aromatic nitrogens is 1. The van der Waals surface area contributed by atoms with Crippen molar-refractivity contribution >= 4 is 12.0 Å². The van der Waals surface area contributed by atoms with E-state index in [-0.39, 0.29) is 12.6 Å². The van der Waals surface area contributed by atoms with Crippen molar-refractivity contribution in [2.24, 2.45) is 5.41 Å². The van der Waals surface area contributed by atoms with Gasteiger partial charge >= 0.3 is 12.0 Å². The fraction of sp³-hybridized carbons (Fsp3) is 0.462. The van der Waals surface area contributed by atoms with Gasteiger partial charge in [-0.25, -0.2) is 4.79 Å². The number of carbonyl (C=O) groups is 2. The van der Waals surface area contributed by atoms with Gasteiger partial charge in [-0.15, -0.1) is 0 Å². The molecule has 1 aliphatic carbocycles. The third-order valence-electron chi connectivity index (χ3n) is 3.40. The molecule has 0 saturated heterocycles. The predicted molar refractivity (Wildman–Crippen MR) is 68.4 cm³/mol. The average molecular weight is 263 g/mol. The molecule has 0 radical (unpaired) electrons. The first-order valence-corrected chi connectivity index (χ1v) is 6.15. The van der Waals surface area contributed by atoms with Crippen LogP contribution in [0, 0.1) is 5.41 Å². The van der Waals surface area contributed by atoms with Gasteiger partial charge in [-0.1, -0.05) is 0 Å². The molecule has 6 heteroatoms. The Bertz CT molecular complexity index is 471. The molecule has 0 bridgehead atoms. The summed E-state index contributed by atoms with van der Waals surface area (Å²) in [6, 6.07) is 3.41. The van der Waals surface area contributed by atoms with Crippen LogP contribution in [0.2, 0.25) is 0 Å². The van der Waals surface area contributed by atoms with Gasteiger partial charge in [0, 0.05) is 32.5 Å². The van der Waals surface area contributed by atoms with Crippen LogP contribution in [-0.2, 0) is 11.3 Å². The SMILES string of the molecule is CN(Cc1ccncc1)C(=O)NCC1(C(=O)O)CC1. The minimum atomic E-state index is -0.829. The molecule has 1 aromatic rings. The van der Waals surface area contributed by atoms with E-state index in [1.54, 1.807) is 19.4 Å². The van der Waals surface area contributed by atoms with Gasteiger partial charge in [-0.3, -0.25) is 9.78 Å². The van der Waals surface area contributed by atoms with Crippen LogP contribution in [0.5, 0.6) is 0 Å². The van der Waals surface area contributed by atoms with E-state index in [1.165, 1.54) is 4.90 Å². The van der Waals surface area contributed by atoms with E-state index in [9.17, 15) is 9.59 Å². The second kappa shape index (κ2) is 5.26. The van der Waals surface area contributed by atoms with Crippen LogP contribution in [0.1, 0.15) is 18.4 Å². The Morgan fingerprint density at radius 1 is 1.42 bits per heavy atom. The first-order valence-electron chi connectivity index (χ1n) is 6.15. The van der Waals surface area contributed by atoms with Gasteiger partial charge in [0.2, 0.25) is 0 Å². The molecule has 2 N–H and O–H groups in total. The molecule has 1 aliphatic rings. The number of aliphatic carboxylic acids is 1. The quantitative estimate of drug-likeness (QED) is 0.833. The fourth-order valence-corrected chi connectivity index (χ4v) is 1.83. The van der Waals surface area contributed by atoms with Crippen molar-refractivity contribution < 1.29 is 14.7 Å². The highest BCUT2D eigenvalue weighted by Gasteiger charge is 2.50. The number of amides is 2. The summed E-state index contributed by atoms with van der Waals surface area (Å²) in [5.41, 5.74) is 0.250. The first-order chi connectivity index (χ1) is 9.03. The summed E-state index contributed by atoms with van der Waals surface area (Å²) in [4.78, 5) is 28.3. The first kappa shape index (κ1) is 13.3. The largest absolute Gasteiger partial charge is 0.481 e. The monoisotopic (exact) mass is 263 g/mol. The van der Waals surface area contributed by atoms with Gasteiger partial charge in [-0.2, -0.15) is 0 Å². The number of carbonyl (C=O) groups excluding carboxylic acids is 1. The lowest BCUT2D eigenvalue weighted by molar-refractivity contribution is -0.143. The summed E-state index contributed by atoms with van der Waals surface area (Å²) < 4.78 is 0. The third kappa shape index (κ3) is 3.21. The van der Waals surface area contributed by atoms with Crippen LogP contribution < -0.4 is 5.32 Å². The number of nitrogens with one attached hydrogen (secondary N) is 1. The topological polar surface area (TPSA) is 82.5 Å². The lowest BCUT2D eigenvalue weighted by Crippen LogP contribution is -2.41. The lowest BCUT2D eigenvalue weighted by Gasteiger charge is -2.19. The summed E-state index contributed by atoms with van der Waals surface area (Å²) in [7, 11) is 1.68. The van der Waals surface area contributed by atoms with Gasteiger partial charge in [0.1, 0.15) is 0 Å². The van der Waals surface area contributed by atoms with Crippen molar-refractivity contribution in [3.63, 3.8) is 0 Å². The van der Waals surface area contributed by atoms with E-state index in [1.807, 2.05) is 12.1 Å². The van der Waals surface area contributed by atoms with Crippen LogP contribution in [0.15, 0.2) is 24.5 Å². The Balaban J connectivity index is 1.82. The van der Waals surface area contributed by atoms with Gasteiger partial charge < -0.3 is 15.3 Å². The minimum absolute atomic E-state index is 0.196. The van der Waals surface area contributed by atoms with Crippen molar-refractivity contribution in [1.82, 2.24) is 15.2 Å². The van der Waals surface area contributed by atoms with Crippen molar-refractivity contribution in [3.8, 4) is 0 Å². The summed E-state index contributed by atoms with van der Waals surface area (Å²) in [5.74, 6) is -0.829. The molecule has 0 spiro atoms. The number of urea groups is 1. The Labute approximate surface area is 111 Å². The average Bonchev–Trinajstić information content (AvgIpc) is 3.18. The maximum absolute atomic E-state index is 11.9. The van der Waals surface area contributed by atoms with E-state index in [2.05, 4.69) is 10.3 Å². The zero-order chi connectivity index (χ0) is 13.9. The van der Waals surface area contributed by atoms with Crippen LogP contribution in [-0.4, -0.2) is 40.6 Å². The molecule has 2 rings (SSSR count). The molecule has 6 nitrogen and oxygen atoms in total. The number of nitrogens with zero attached hydrogens (tertiary/aromatic N) is 2. The maximum atomic E-state index is 11.9. The summed E-state index contributed by atoms with van der Waals surface area (Å²) in [5, 5.41) is 11.7. The van der Waals surface area contributed by atoms with Crippen molar-refractivity contribution in [3.05, 3.63) is 30.1 Å². The Hall–Kier alpha value is -2.11. The molecule has 1 heterocycles. The van der Waals surface area contributed by atoms with Crippen molar-refractivity contribution in [1.29, 1.82) is 0 Å². The molecule has 1 aromatic heterocycles. The van der Waals surface area contributed by atoms with Crippen molar-refractivity contribution in [2.45, 2.75) is 19.4 Å². The predicted octanol–water partition coefficient (Wildman–Crippen LogP) is 1.09. The summed E-state index contributed by atoms with van der Waals surface area (Å²) >= 11 is 0. The van der Waals surface area contributed by atoms with E-state index < -0.39 is 11.4 Å². The van der Waals surface area contributed by atoms with Crippen LogP contribution in [0.4, 0.5) is 4.79 Å².